The molecule has 0 aromatic heterocycles. The van der Waals surface area contributed by atoms with Crippen LogP contribution in [0.2, 0.25) is 0 Å². The van der Waals surface area contributed by atoms with E-state index in [1.807, 2.05) is 18.7 Å². The van der Waals surface area contributed by atoms with E-state index >= 15 is 0 Å². The van der Waals surface area contributed by atoms with Crippen molar-refractivity contribution < 1.29 is 0 Å². The topological polar surface area (TPSA) is 61.5 Å². The second-order valence-electron chi connectivity index (χ2n) is 9.24. The van der Waals surface area contributed by atoms with Crippen LogP contribution in [0.15, 0.2) is 34.8 Å². The van der Waals surface area contributed by atoms with Gasteiger partial charge in [-0.1, -0.05) is 18.7 Å². The summed E-state index contributed by atoms with van der Waals surface area (Å²) in [4.78, 5) is 18.2. The van der Waals surface area contributed by atoms with Crippen molar-refractivity contribution in [2.24, 2.45) is 9.98 Å². The van der Waals surface area contributed by atoms with E-state index < -0.39 is 0 Å². The van der Waals surface area contributed by atoms with Gasteiger partial charge in [0.25, 0.3) is 0 Å². The molecule has 1 aromatic rings. The highest BCUT2D eigenvalue weighted by Crippen LogP contribution is 2.24. The van der Waals surface area contributed by atoms with Gasteiger partial charge in [0.1, 0.15) is 0 Å². The van der Waals surface area contributed by atoms with Crippen LogP contribution in [-0.4, -0.2) is 96.0 Å². The van der Waals surface area contributed by atoms with Crippen LogP contribution < -0.4 is 0 Å². The minimum atomic E-state index is 0.370. The summed E-state index contributed by atoms with van der Waals surface area (Å²) in [6.07, 6.45) is 0. The van der Waals surface area contributed by atoms with Crippen LogP contribution in [-0.2, 0) is 6.54 Å². The average molecular weight is 452 g/mol. The van der Waals surface area contributed by atoms with E-state index in [9.17, 15) is 0 Å². The van der Waals surface area contributed by atoms with Crippen molar-refractivity contribution in [3.63, 3.8) is 0 Å². The largest absolute Gasteiger partial charge is 0.368 e. The molecule has 1 aromatic carbocycles. The van der Waals surface area contributed by atoms with Gasteiger partial charge in [-0.15, -0.1) is 0 Å². The van der Waals surface area contributed by atoms with Gasteiger partial charge in [0.15, 0.2) is 0 Å². The molecule has 0 saturated carbocycles. The van der Waals surface area contributed by atoms with E-state index in [-0.39, 0.29) is 0 Å². The van der Waals surface area contributed by atoms with Gasteiger partial charge >= 0.3 is 0 Å². The number of benzene rings is 1. The van der Waals surface area contributed by atoms with Gasteiger partial charge in [0.2, 0.25) is 5.96 Å². The molecule has 2 heterocycles. The molecule has 0 radical (unpaired) electrons. The lowest BCUT2D eigenvalue weighted by molar-refractivity contribution is 0.175. The molecule has 0 amide bonds. The number of aryl methyl sites for hydroxylation is 1. The van der Waals surface area contributed by atoms with Gasteiger partial charge in [0, 0.05) is 82.4 Å². The van der Waals surface area contributed by atoms with Crippen molar-refractivity contribution in [1.82, 2.24) is 19.6 Å². The summed E-state index contributed by atoms with van der Waals surface area (Å²) in [6, 6.07) is 6.81. The van der Waals surface area contributed by atoms with Gasteiger partial charge in [-0.3, -0.25) is 15.3 Å². The van der Waals surface area contributed by atoms with Gasteiger partial charge in [-0.25, -0.2) is 4.99 Å². The molecular weight excluding hydrogens is 410 g/mol. The second kappa shape index (κ2) is 11.5. The Kier molecular flexibility index (Phi) is 8.67. The number of aliphatic imine (C=N–C) groups is 2. The monoisotopic (exact) mass is 451 g/mol. The summed E-state index contributed by atoms with van der Waals surface area (Å²) >= 11 is 0. The highest BCUT2D eigenvalue weighted by atomic mass is 15.3. The summed E-state index contributed by atoms with van der Waals surface area (Å²) in [5.74, 6) is 1.53. The van der Waals surface area contributed by atoms with Gasteiger partial charge in [-0.2, -0.15) is 0 Å². The van der Waals surface area contributed by atoms with Gasteiger partial charge < -0.3 is 14.7 Å². The molecule has 1 N–H and O–H groups in total. The molecule has 7 nitrogen and oxygen atoms in total. The molecular formula is C26H41N7. The van der Waals surface area contributed by atoms with Crippen LogP contribution >= 0.6 is 0 Å². The van der Waals surface area contributed by atoms with Crippen LogP contribution in [0.25, 0.3) is 5.70 Å². The maximum atomic E-state index is 8.18. The van der Waals surface area contributed by atoms with Crippen LogP contribution in [0.5, 0.6) is 0 Å². The molecule has 2 aliphatic heterocycles. The summed E-state index contributed by atoms with van der Waals surface area (Å²) in [5, 5.41) is 8.18. The Morgan fingerprint density at radius 3 is 2.15 bits per heavy atom. The number of nitrogens with one attached hydrogen (secondary N) is 1. The van der Waals surface area contributed by atoms with Crippen LogP contribution in [0.4, 0.5) is 0 Å². The molecule has 0 bridgehead atoms. The predicted octanol–water partition coefficient (Wildman–Crippen LogP) is 3.55. The molecule has 0 aliphatic carbocycles. The quantitative estimate of drug-likeness (QED) is 0.549. The minimum absolute atomic E-state index is 0.370. The first-order valence-electron chi connectivity index (χ1n) is 12.2. The Bertz CT molecular complexity index is 897. The summed E-state index contributed by atoms with van der Waals surface area (Å²) in [6.45, 7) is 24.1. The van der Waals surface area contributed by atoms with E-state index in [2.05, 4.69) is 70.2 Å². The summed E-state index contributed by atoms with van der Waals surface area (Å²) in [7, 11) is 0. The SMILES string of the molecule is C=C(c1cc(CN2CCN(/C(C)=N/CC)CC2)ccc1C)N1CCN(C(=N)N=C(C)C)CC1. The average Bonchev–Trinajstić information content (AvgIpc) is 2.80. The first-order chi connectivity index (χ1) is 15.8. The summed E-state index contributed by atoms with van der Waals surface area (Å²) in [5.41, 5.74) is 5.86. The zero-order chi connectivity index (χ0) is 24.0. The highest BCUT2D eigenvalue weighted by molar-refractivity contribution is 5.93. The smallest absolute Gasteiger partial charge is 0.217 e. The molecule has 180 valence electrons. The van der Waals surface area contributed by atoms with Crippen LogP contribution in [0.1, 0.15) is 44.4 Å². The minimum Gasteiger partial charge on any atom is -0.368 e. The zero-order valence-corrected chi connectivity index (χ0v) is 21.2. The van der Waals surface area contributed by atoms with Crippen LogP contribution in [0, 0.1) is 12.3 Å². The molecule has 33 heavy (non-hydrogen) atoms. The molecule has 0 unspecified atom stereocenters. The lowest BCUT2D eigenvalue weighted by Gasteiger charge is -2.38. The Hall–Kier alpha value is -2.67. The summed E-state index contributed by atoms with van der Waals surface area (Å²) < 4.78 is 0. The number of rotatable bonds is 5. The van der Waals surface area contributed by atoms with Gasteiger partial charge in [0.05, 0.1) is 5.84 Å². The number of guanidine groups is 1. The lowest BCUT2D eigenvalue weighted by atomic mass is 10.0. The Morgan fingerprint density at radius 1 is 0.939 bits per heavy atom. The lowest BCUT2D eigenvalue weighted by Crippen LogP contribution is -2.47. The van der Waals surface area contributed by atoms with E-state index in [4.69, 9.17) is 5.41 Å². The number of piperazine rings is 2. The Labute approximate surface area is 200 Å². The number of hydrogen-bond acceptors (Lipinski definition) is 4. The Balaban J connectivity index is 1.58. The predicted molar refractivity (Wildman–Crippen MR) is 140 cm³/mol. The number of amidine groups is 1. The van der Waals surface area contributed by atoms with E-state index in [0.29, 0.717) is 5.96 Å². The molecule has 2 saturated heterocycles. The van der Waals surface area contributed by atoms with Crippen molar-refractivity contribution in [1.29, 1.82) is 5.41 Å². The second-order valence-corrected chi connectivity index (χ2v) is 9.24. The van der Waals surface area contributed by atoms with Crippen molar-refractivity contribution >= 4 is 23.2 Å². The van der Waals surface area contributed by atoms with E-state index in [0.717, 1.165) is 82.7 Å². The number of hydrogen-bond donors (Lipinski definition) is 1. The van der Waals surface area contributed by atoms with Crippen molar-refractivity contribution in [3.8, 4) is 0 Å². The van der Waals surface area contributed by atoms with Crippen molar-refractivity contribution in [3.05, 3.63) is 41.5 Å². The van der Waals surface area contributed by atoms with E-state index in [1.165, 1.54) is 16.7 Å². The number of nitrogens with zero attached hydrogens (tertiary/aromatic N) is 6. The molecule has 3 rings (SSSR count). The fraction of sp³-hybridized carbons (Fsp3) is 0.577. The van der Waals surface area contributed by atoms with Gasteiger partial charge in [-0.05, 0) is 51.8 Å². The molecule has 7 heteroatoms. The zero-order valence-electron chi connectivity index (χ0n) is 21.2. The first kappa shape index (κ1) is 25.0. The molecule has 2 aliphatic rings. The van der Waals surface area contributed by atoms with E-state index in [1.54, 1.807) is 0 Å². The van der Waals surface area contributed by atoms with Crippen molar-refractivity contribution in [2.75, 3.05) is 58.9 Å². The fourth-order valence-corrected chi connectivity index (χ4v) is 4.54. The molecule has 2 fully saturated rings. The third-order valence-corrected chi connectivity index (χ3v) is 6.53. The normalized spacial score (nSPS) is 17.8. The standard InChI is InChI=1S/C26H41N7/c1-7-28-23(6)32-12-10-30(11-13-32)19-24-9-8-21(4)25(18-24)22(5)31-14-16-33(17-15-31)26(27)29-20(2)3/h8-9,18,27H,5,7,10-17,19H2,1-4,6H3/b27-26?,28-23+. The van der Waals surface area contributed by atoms with Crippen LogP contribution in [0.3, 0.4) is 0 Å². The fourth-order valence-electron chi connectivity index (χ4n) is 4.54. The maximum absolute atomic E-state index is 8.18. The third-order valence-electron chi connectivity index (χ3n) is 6.53. The third kappa shape index (κ3) is 6.67. The first-order valence-corrected chi connectivity index (χ1v) is 12.2. The Morgan fingerprint density at radius 2 is 1.55 bits per heavy atom. The molecule has 0 spiro atoms. The molecule has 0 atom stereocenters. The van der Waals surface area contributed by atoms with Crippen molar-refractivity contribution in [2.45, 2.75) is 41.2 Å². The maximum Gasteiger partial charge on any atom is 0.217 e. The highest BCUT2D eigenvalue weighted by Gasteiger charge is 2.22.